The standard InChI is InChI=1S/C11H26N2O3Si/c1-4-14-17(15-5-2,10-6-7-12)16-11(3)13-8-9-13/h11H,4-10,12H2,1-3H3. The van der Waals surface area contributed by atoms with Gasteiger partial charge in [-0.1, -0.05) is 0 Å². The lowest BCUT2D eigenvalue weighted by Gasteiger charge is -2.32. The second-order valence-electron chi connectivity index (χ2n) is 4.19. The summed E-state index contributed by atoms with van der Waals surface area (Å²) in [7, 11) is -2.52. The zero-order valence-corrected chi connectivity index (χ0v) is 12.3. The Morgan fingerprint density at radius 1 is 1.24 bits per heavy atom. The van der Waals surface area contributed by atoms with Crippen LogP contribution in [0.1, 0.15) is 27.2 Å². The van der Waals surface area contributed by atoms with E-state index in [0.29, 0.717) is 19.8 Å². The Bertz CT molecular complexity index is 209. The third kappa shape index (κ3) is 5.03. The summed E-state index contributed by atoms with van der Waals surface area (Å²) in [5, 5.41) is 0. The van der Waals surface area contributed by atoms with Gasteiger partial charge in [-0.25, -0.2) is 0 Å². The van der Waals surface area contributed by atoms with Gasteiger partial charge < -0.3 is 19.0 Å². The molecule has 0 radical (unpaired) electrons. The topological polar surface area (TPSA) is 56.7 Å². The fourth-order valence-electron chi connectivity index (χ4n) is 1.83. The van der Waals surface area contributed by atoms with Crippen molar-refractivity contribution in [1.29, 1.82) is 0 Å². The third-order valence-corrected chi connectivity index (χ3v) is 5.88. The smallest absolute Gasteiger partial charge is 0.374 e. The Balaban J connectivity index is 2.57. The molecule has 0 bridgehead atoms. The normalized spacial score (nSPS) is 18.4. The first-order chi connectivity index (χ1) is 8.17. The average Bonchev–Trinajstić information content (AvgIpc) is 3.11. The molecule has 1 unspecified atom stereocenters. The van der Waals surface area contributed by atoms with Crippen LogP contribution in [-0.4, -0.2) is 52.8 Å². The summed E-state index contributed by atoms with van der Waals surface area (Å²) in [6, 6.07) is 0.809. The van der Waals surface area contributed by atoms with Gasteiger partial charge in [0.25, 0.3) is 0 Å². The second kappa shape index (κ2) is 7.45. The zero-order chi connectivity index (χ0) is 12.7. The van der Waals surface area contributed by atoms with Crippen molar-refractivity contribution in [3.63, 3.8) is 0 Å². The first-order valence-electron chi connectivity index (χ1n) is 6.57. The summed E-state index contributed by atoms with van der Waals surface area (Å²) in [6.07, 6.45) is 0.983. The molecule has 5 nitrogen and oxygen atoms in total. The van der Waals surface area contributed by atoms with Gasteiger partial charge in [-0.2, -0.15) is 0 Å². The van der Waals surface area contributed by atoms with E-state index < -0.39 is 8.80 Å². The van der Waals surface area contributed by atoms with Crippen molar-refractivity contribution in [3.05, 3.63) is 0 Å². The Morgan fingerprint density at radius 2 is 1.82 bits per heavy atom. The molecule has 0 aromatic carbocycles. The van der Waals surface area contributed by atoms with E-state index in [2.05, 4.69) is 11.8 Å². The summed E-state index contributed by atoms with van der Waals surface area (Å²) in [5.41, 5.74) is 5.58. The quantitative estimate of drug-likeness (QED) is 0.471. The highest BCUT2D eigenvalue weighted by molar-refractivity contribution is 6.60. The van der Waals surface area contributed by atoms with Crippen LogP contribution in [0.5, 0.6) is 0 Å². The molecule has 0 aromatic heterocycles. The molecule has 1 aliphatic heterocycles. The molecule has 1 atom stereocenters. The van der Waals surface area contributed by atoms with Gasteiger partial charge >= 0.3 is 8.80 Å². The van der Waals surface area contributed by atoms with Crippen molar-refractivity contribution in [3.8, 4) is 0 Å². The number of nitrogens with two attached hydrogens (primary N) is 1. The largest absolute Gasteiger partial charge is 0.502 e. The molecular formula is C11H26N2O3Si. The highest BCUT2D eigenvalue weighted by Gasteiger charge is 2.43. The van der Waals surface area contributed by atoms with Crippen LogP contribution in [0.25, 0.3) is 0 Å². The number of hydrogen-bond donors (Lipinski definition) is 1. The van der Waals surface area contributed by atoms with E-state index >= 15 is 0 Å². The lowest BCUT2D eigenvalue weighted by Crippen LogP contribution is -2.49. The molecular weight excluding hydrogens is 236 g/mol. The number of nitrogens with zero attached hydrogens (tertiary/aromatic N) is 1. The maximum atomic E-state index is 6.11. The van der Waals surface area contributed by atoms with Gasteiger partial charge in [0.2, 0.25) is 0 Å². The molecule has 0 saturated carbocycles. The molecule has 6 heteroatoms. The molecule has 17 heavy (non-hydrogen) atoms. The molecule has 0 aliphatic carbocycles. The summed E-state index contributed by atoms with van der Waals surface area (Å²) < 4.78 is 17.8. The van der Waals surface area contributed by atoms with Crippen molar-refractivity contribution in [2.75, 3.05) is 32.8 Å². The van der Waals surface area contributed by atoms with Crippen LogP contribution >= 0.6 is 0 Å². The zero-order valence-electron chi connectivity index (χ0n) is 11.3. The highest BCUT2D eigenvalue weighted by Crippen LogP contribution is 2.23. The van der Waals surface area contributed by atoms with E-state index in [1.165, 1.54) is 0 Å². The summed E-state index contributed by atoms with van der Waals surface area (Å²) in [5.74, 6) is 0. The molecule has 0 aromatic rings. The van der Waals surface area contributed by atoms with Gasteiger partial charge in [-0.05, 0) is 33.7 Å². The minimum absolute atomic E-state index is 0.0949. The van der Waals surface area contributed by atoms with Crippen LogP contribution in [0, 0.1) is 0 Å². The van der Waals surface area contributed by atoms with E-state index in [1.807, 2.05) is 13.8 Å². The maximum Gasteiger partial charge on any atom is 0.502 e. The van der Waals surface area contributed by atoms with Crippen LogP contribution < -0.4 is 5.73 Å². The fourth-order valence-corrected chi connectivity index (χ4v) is 4.64. The van der Waals surface area contributed by atoms with Gasteiger partial charge in [0.15, 0.2) is 0 Å². The minimum Gasteiger partial charge on any atom is -0.374 e. The fraction of sp³-hybridized carbons (Fsp3) is 1.00. The molecule has 0 amide bonds. The van der Waals surface area contributed by atoms with Crippen molar-refractivity contribution in [2.45, 2.75) is 39.5 Å². The first-order valence-corrected chi connectivity index (χ1v) is 8.50. The summed E-state index contributed by atoms with van der Waals surface area (Å²) in [4.78, 5) is 2.25. The van der Waals surface area contributed by atoms with Crippen LogP contribution in [0.15, 0.2) is 0 Å². The third-order valence-electron chi connectivity index (χ3n) is 2.76. The van der Waals surface area contributed by atoms with E-state index in [-0.39, 0.29) is 6.23 Å². The van der Waals surface area contributed by atoms with Crippen molar-refractivity contribution in [1.82, 2.24) is 4.90 Å². The van der Waals surface area contributed by atoms with E-state index in [0.717, 1.165) is 25.6 Å². The van der Waals surface area contributed by atoms with Crippen molar-refractivity contribution in [2.24, 2.45) is 5.73 Å². The number of hydrogen-bond acceptors (Lipinski definition) is 5. The summed E-state index contributed by atoms with van der Waals surface area (Å²) in [6.45, 7) is 10.2. The monoisotopic (exact) mass is 262 g/mol. The molecule has 1 heterocycles. The number of rotatable bonds is 10. The molecule has 1 saturated heterocycles. The van der Waals surface area contributed by atoms with E-state index in [1.54, 1.807) is 0 Å². The van der Waals surface area contributed by atoms with Crippen molar-refractivity contribution >= 4 is 8.80 Å². The van der Waals surface area contributed by atoms with Gasteiger partial charge in [0.1, 0.15) is 6.23 Å². The second-order valence-corrected chi connectivity index (χ2v) is 6.87. The molecule has 2 N–H and O–H groups in total. The van der Waals surface area contributed by atoms with Gasteiger partial charge in [0, 0.05) is 32.3 Å². The summed E-state index contributed by atoms with van der Waals surface area (Å²) >= 11 is 0. The Kier molecular flexibility index (Phi) is 6.61. The predicted octanol–water partition coefficient (Wildman–Crippen LogP) is 1.03. The van der Waals surface area contributed by atoms with E-state index in [9.17, 15) is 0 Å². The molecule has 102 valence electrons. The molecule has 0 spiro atoms. The van der Waals surface area contributed by atoms with Gasteiger partial charge in [0.05, 0.1) is 0 Å². The lowest BCUT2D eigenvalue weighted by atomic mass is 10.5. The van der Waals surface area contributed by atoms with Gasteiger partial charge in [-0.3, -0.25) is 4.90 Å². The molecule has 1 fully saturated rings. The highest BCUT2D eigenvalue weighted by atomic mass is 28.4. The first kappa shape index (κ1) is 15.1. The maximum absolute atomic E-state index is 6.11. The lowest BCUT2D eigenvalue weighted by molar-refractivity contribution is 0.00358. The Labute approximate surface area is 106 Å². The minimum atomic E-state index is -2.52. The van der Waals surface area contributed by atoms with Crippen LogP contribution in [0.4, 0.5) is 0 Å². The van der Waals surface area contributed by atoms with Gasteiger partial charge in [-0.15, -0.1) is 0 Å². The average molecular weight is 262 g/mol. The van der Waals surface area contributed by atoms with E-state index in [4.69, 9.17) is 19.0 Å². The Hall–Kier alpha value is 0.0169. The Morgan fingerprint density at radius 3 is 2.24 bits per heavy atom. The SMILES string of the molecule is CCO[Si](CCCN)(OCC)OC(C)N1CC1. The van der Waals surface area contributed by atoms with Crippen molar-refractivity contribution < 1.29 is 13.3 Å². The van der Waals surface area contributed by atoms with Crippen LogP contribution in [0.3, 0.4) is 0 Å². The molecule has 1 rings (SSSR count). The molecule has 1 aliphatic rings. The van der Waals surface area contributed by atoms with Crippen LogP contribution in [0.2, 0.25) is 6.04 Å². The van der Waals surface area contributed by atoms with Crippen LogP contribution in [-0.2, 0) is 13.3 Å². The predicted molar refractivity (Wildman–Crippen MR) is 69.6 cm³/mol.